The van der Waals surface area contributed by atoms with E-state index in [4.69, 9.17) is 13.9 Å². The Kier molecular flexibility index (Phi) is 5.82. The summed E-state index contributed by atoms with van der Waals surface area (Å²) in [5.74, 6) is 0.211. The lowest BCUT2D eigenvalue weighted by atomic mass is 10.2. The Bertz CT molecular complexity index is 964. The van der Waals surface area contributed by atoms with Crippen LogP contribution in [0.1, 0.15) is 18.3 Å². The fourth-order valence-electron chi connectivity index (χ4n) is 2.20. The molecule has 0 radical (unpaired) electrons. The molecule has 0 bridgehead atoms. The highest BCUT2D eigenvalue weighted by Gasteiger charge is 2.13. The van der Waals surface area contributed by atoms with E-state index in [0.29, 0.717) is 28.7 Å². The molecule has 27 heavy (non-hydrogen) atoms. The third kappa shape index (κ3) is 4.70. The van der Waals surface area contributed by atoms with Crippen LogP contribution in [0.3, 0.4) is 0 Å². The third-order valence-corrected chi connectivity index (χ3v) is 4.22. The SMILES string of the molecule is CCOC(=O)Cc1csc(/N=C/c2nc(-c3cccc(OC)c3)oc2O)n1. The molecule has 3 rings (SSSR count). The van der Waals surface area contributed by atoms with Crippen molar-refractivity contribution in [2.75, 3.05) is 13.7 Å². The number of carbonyl (C=O) groups is 1. The second-order valence-corrected chi connectivity index (χ2v) is 6.14. The van der Waals surface area contributed by atoms with Crippen LogP contribution in [0.15, 0.2) is 39.1 Å². The van der Waals surface area contributed by atoms with Gasteiger partial charge in [-0.25, -0.2) is 15.0 Å². The van der Waals surface area contributed by atoms with E-state index in [1.54, 1.807) is 43.7 Å². The minimum Gasteiger partial charge on any atom is -0.497 e. The van der Waals surface area contributed by atoms with Gasteiger partial charge in [0, 0.05) is 10.9 Å². The number of ether oxygens (including phenoxy) is 2. The van der Waals surface area contributed by atoms with Crippen molar-refractivity contribution in [3.05, 3.63) is 41.0 Å². The van der Waals surface area contributed by atoms with Gasteiger partial charge in [-0.3, -0.25) is 4.79 Å². The molecule has 140 valence electrons. The molecule has 0 spiro atoms. The first-order valence-electron chi connectivity index (χ1n) is 8.07. The van der Waals surface area contributed by atoms with Crippen LogP contribution in [0.2, 0.25) is 0 Å². The number of aromatic hydroxyl groups is 1. The second kappa shape index (κ2) is 8.45. The van der Waals surface area contributed by atoms with Crippen LogP contribution >= 0.6 is 11.3 Å². The van der Waals surface area contributed by atoms with Gasteiger partial charge in [-0.2, -0.15) is 0 Å². The summed E-state index contributed by atoms with van der Waals surface area (Å²) in [6, 6.07) is 7.13. The number of thiazole rings is 1. The topological polar surface area (TPSA) is 107 Å². The number of esters is 1. The first kappa shape index (κ1) is 18.6. The number of rotatable bonds is 7. The molecule has 0 amide bonds. The molecule has 0 unspecified atom stereocenters. The summed E-state index contributed by atoms with van der Waals surface area (Å²) in [6.45, 7) is 2.08. The molecule has 2 heterocycles. The van der Waals surface area contributed by atoms with E-state index in [9.17, 15) is 9.90 Å². The maximum atomic E-state index is 11.5. The molecule has 0 aliphatic carbocycles. The number of hydrogen-bond acceptors (Lipinski definition) is 9. The molecular weight excluding hydrogens is 370 g/mol. The zero-order chi connectivity index (χ0) is 19.2. The van der Waals surface area contributed by atoms with E-state index >= 15 is 0 Å². The quantitative estimate of drug-likeness (QED) is 0.489. The van der Waals surface area contributed by atoms with E-state index in [1.165, 1.54) is 17.6 Å². The van der Waals surface area contributed by atoms with Crippen LogP contribution in [0, 0.1) is 0 Å². The first-order chi connectivity index (χ1) is 13.1. The van der Waals surface area contributed by atoms with Gasteiger partial charge in [-0.05, 0) is 25.1 Å². The van der Waals surface area contributed by atoms with Gasteiger partial charge in [-0.15, -0.1) is 11.3 Å². The number of methoxy groups -OCH3 is 1. The molecule has 0 saturated heterocycles. The average molecular weight is 387 g/mol. The third-order valence-electron chi connectivity index (χ3n) is 3.42. The maximum Gasteiger partial charge on any atom is 0.312 e. The second-order valence-electron chi connectivity index (χ2n) is 5.30. The first-order valence-corrected chi connectivity index (χ1v) is 8.95. The highest BCUT2D eigenvalue weighted by atomic mass is 32.1. The van der Waals surface area contributed by atoms with E-state index < -0.39 is 0 Å². The van der Waals surface area contributed by atoms with Crippen molar-refractivity contribution < 1.29 is 23.8 Å². The van der Waals surface area contributed by atoms with Gasteiger partial charge in [0.2, 0.25) is 11.0 Å². The number of benzene rings is 1. The van der Waals surface area contributed by atoms with Gasteiger partial charge in [0.25, 0.3) is 0 Å². The minimum absolute atomic E-state index is 0.0923. The van der Waals surface area contributed by atoms with Crippen LogP contribution in [0.4, 0.5) is 5.13 Å². The summed E-state index contributed by atoms with van der Waals surface area (Å²) in [6.07, 6.45) is 1.45. The number of hydrogen-bond donors (Lipinski definition) is 1. The van der Waals surface area contributed by atoms with Crippen molar-refractivity contribution >= 4 is 28.7 Å². The number of aromatic nitrogens is 2. The summed E-state index contributed by atoms with van der Waals surface area (Å²) >= 11 is 1.27. The Hall–Kier alpha value is -3.20. The van der Waals surface area contributed by atoms with E-state index in [2.05, 4.69) is 15.0 Å². The lowest BCUT2D eigenvalue weighted by Gasteiger charge is -2.00. The molecule has 2 aromatic heterocycles. The van der Waals surface area contributed by atoms with Gasteiger partial charge in [0.15, 0.2) is 5.69 Å². The smallest absolute Gasteiger partial charge is 0.312 e. The molecule has 0 atom stereocenters. The Morgan fingerprint density at radius 2 is 2.26 bits per heavy atom. The summed E-state index contributed by atoms with van der Waals surface area (Å²) < 4.78 is 15.3. The molecule has 0 saturated carbocycles. The van der Waals surface area contributed by atoms with E-state index in [-0.39, 0.29) is 29.9 Å². The van der Waals surface area contributed by atoms with E-state index in [1.807, 2.05) is 0 Å². The predicted molar refractivity (Wildman–Crippen MR) is 99.9 cm³/mol. The fraction of sp³-hybridized carbons (Fsp3) is 0.222. The molecule has 9 heteroatoms. The Morgan fingerprint density at radius 1 is 1.41 bits per heavy atom. The highest BCUT2D eigenvalue weighted by Crippen LogP contribution is 2.28. The van der Waals surface area contributed by atoms with Crippen molar-refractivity contribution in [2.45, 2.75) is 13.3 Å². The number of carbonyl (C=O) groups excluding carboxylic acids is 1. The zero-order valence-electron chi connectivity index (χ0n) is 14.7. The van der Waals surface area contributed by atoms with Crippen LogP contribution in [0.25, 0.3) is 11.5 Å². The number of oxazole rings is 1. The molecule has 3 aromatic rings. The van der Waals surface area contributed by atoms with Gasteiger partial charge >= 0.3 is 11.9 Å². The lowest BCUT2D eigenvalue weighted by Crippen LogP contribution is -2.07. The van der Waals surface area contributed by atoms with Crippen LogP contribution in [-0.2, 0) is 16.0 Å². The van der Waals surface area contributed by atoms with E-state index in [0.717, 1.165) is 0 Å². The largest absolute Gasteiger partial charge is 0.497 e. The Morgan fingerprint density at radius 3 is 3.04 bits per heavy atom. The lowest BCUT2D eigenvalue weighted by molar-refractivity contribution is -0.142. The number of aliphatic imine (C=N–C) groups is 1. The summed E-state index contributed by atoms with van der Waals surface area (Å²) in [4.78, 5) is 24.1. The van der Waals surface area contributed by atoms with Gasteiger partial charge in [-0.1, -0.05) is 6.07 Å². The van der Waals surface area contributed by atoms with Crippen molar-refractivity contribution in [2.24, 2.45) is 4.99 Å². The minimum atomic E-state index is -0.347. The Balaban J connectivity index is 1.73. The predicted octanol–water partition coefficient (Wildman–Crippen LogP) is 3.37. The highest BCUT2D eigenvalue weighted by molar-refractivity contribution is 7.13. The fourth-order valence-corrected chi connectivity index (χ4v) is 2.86. The van der Waals surface area contributed by atoms with Crippen LogP contribution in [0.5, 0.6) is 11.7 Å². The molecule has 0 fully saturated rings. The van der Waals surface area contributed by atoms with Crippen LogP contribution < -0.4 is 4.74 Å². The maximum absolute atomic E-state index is 11.5. The summed E-state index contributed by atoms with van der Waals surface area (Å²) in [5.41, 5.74) is 1.41. The number of nitrogens with zero attached hydrogens (tertiary/aromatic N) is 3. The van der Waals surface area contributed by atoms with Gasteiger partial charge in [0.1, 0.15) is 5.75 Å². The molecule has 0 aliphatic heterocycles. The molecule has 8 nitrogen and oxygen atoms in total. The van der Waals surface area contributed by atoms with Crippen molar-refractivity contribution in [1.29, 1.82) is 0 Å². The van der Waals surface area contributed by atoms with Crippen molar-refractivity contribution in [3.8, 4) is 23.1 Å². The average Bonchev–Trinajstić information content (AvgIpc) is 3.26. The van der Waals surface area contributed by atoms with Crippen LogP contribution in [-0.4, -0.2) is 41.0 Å². The summed E-state index contributed by atoms with van der Waals surface area (Å²) in [7, 11) is 1.56. The molecule has 1 N–H and O–H groups in total. The van der Waals surface area contributed by atoms with Gasteiger partial charge in [0.05, 0.1) is 32.0 Å². The Labute approximate surface area is 159 Å². The summed E-state index contributed by atoms with van der Waals surface area (Å²) in [5, 5.41) is 12.1. The van der Waals surface area contributed by atoms with Crippen molar-refractivity contribution in [3.63, 3.8) is 0 Å². The monoisotopic (exact) mass is 387 g/mol. The standard InChI is InChI=1S/C18H17N3O5S/c1-3-25-15(22)8-12-10-27-18(20-12)19-9-14-17(23)26-16(21-14)11-5-4-6-13(7-11)24-2/h4-7,9-10,23H,3,8H2,1-2H3/b19-9+. The molecule has 1 aromatic carbocycles. The van der Waals surface area contributed by atoms with Crippen molar-refractivity contribution in [1.82, 2.24) is 9.97 Å². The molecular formula is C18H17N3O5S. The molecule has 0 aliphatic rings. The van der Waals surface area contributed by atoms with Gasteiger partial charge < -0.3 is 19.0 Å². The zero-order valence-corrected chi connectivity index (χ0v) is 15.5. The normalized spacial score (nSPS) is 11.0.